The van der Waals surface area contributed by atoms with Crippen LogP contribution >= 0.6 is 0 Å². The molecule has 1 heterocycles. The summed E-state index contributed by atoms with van der Waals surface area (Å²) in [5.74, 6) is -1.20. The van der Waals surface area contributed by atoms with Gasteiger partial charge in [0.1, 0.15) is 0 Å². The number of alkyl halides is 3. The Morgan fingerprint density at radius 3 is 2.44 bits per heavy atom. The van der Waals surface area contributed by atoms with E-state index >= 15 is 0 Å². The van der Waals surface area contributed by atoms with E-state index in [0.717, 1.165) is 42.2 Å². The SMILES string of the molecule is CCO[C@H]1CN(C2CCC(O)(c3ccc(C)cc3)CC2)C[C@@H]1NC(=O)CNC(=O)c1cccc(C(F)(F)F)c1. The quantitative estimate of drug-likeness (QED) is 0.468. The second kappa shape index (κ2) is 12.1. The molecule has 7 nitrogen and oxygen atoms in total. The van der Waals surface area contributed by atoms with Gasteiger partial charge in [0.25, 0.3) is 5.91 Å². The summed E-state index contributed by atoms with van der Waals surface area (Å²) < 4.78 is 44.7. The second-order valence-electron chi connectivity index (χ2n) is 10.5. The number of nitrogens with one attached hydrogen (secondary N) is 2. The fourth-order valence-corrected chi connectivity index (χ4v) is 5.58. The highest BCUT2D eigenvalue weighted by Crippen LogP contribution is 2.39. The number of aliphatic hydroxyl groups is 1. The average molecular weight is 548 g/mol. The van der Waals surface area contributed by atoms with E-state index in [1.807, 2.05) is 38.1 Å². The maximum absolute atomic E-state index is 12.9. The lowest BCUT2D eigenvalue weighted by molar-refractivity contribution is -0.137. The normalized spacial score (nSPS) is 25.8. The highest BCUT2D eigenvalue weighted by Gasteiger charge is 2.42. The van der Waals surface area contributed by atoms with Crippen LogP contribution in [0.4, 0.5) is 13.2 Å². The monoisotopic (exact) mass is 547 g/mol. The number of likely N-dealkylation sites (tertiary alicyclic amines) is 1. The van der Waals surface area contributed by atoms with Gasteiger partial charge < -0.3 is 20.5 Å². The lowest BCUT2D eigenvalue weighted by atomic mass is 9.77. The molecule has 2 aromatic carbocycles. The van der Waals surface area contributed by atoms with Crippen molar-refractivity contribution in [1.29, 1.82) is 0 Å². The molecule has 2 aromatic rings. The van der Waals surface area contributed by atoms with Crippen LogP contribution < -0.4 is 10.6 Å². The summed E-state index contributed by atoms with van der Waals surface area (Å²) in [5, 5.41) is 16.6. The summed E-state index contributed by atoms with van der Waals surface area (Å²) >= 11 is 0. The molecule has 4 rings (SSSR count). The topological polar surface area (TPSA) is 90.9 Å². The Balaban J connectivity index is 1.30. The van der Waals surface area contributed by atoms with Crippen molar-refractivity contribution in [2.45, 2.75) is 69.5 Å². The molecule has 2 atom stereocenters. The van der Waals surface area contributed by atoms with Crippen LogP contribution in [0.2, 0.25) is 0 Å². The van der Waals surface area contributed by atoms with Crippen molar-refractivity contribution >= 4 is 11.8 Å². The zero-order valence-electron chi connectivity index (χ0n) is 22.3. The van der Waals surface area contributed by atoms with Gasteiger partial charge in [-0.05, 0) is 63.3 Å². The number of amides is 2. The van der Waals surface area contributed by atoms with Gasteiger partial charge in [-0.15, -0.1) is 0 Å². The van der Waals surface area contributed by atoms with Gasteiger partial charge >= 0.3 is 6.18 Å². The summed E-state index contributed by atoms with van der Waals surface area (Å²) in [6.07, 6.45) is -1.86. The second-order valence-corrected chi connectivity index (χ2v) is 10.5. The summed E-state index contributed by atoms with van der Waals surface area (Å²) in [5.41, 5.74) is 0.162. The van der Waals surface area contributed by atoms with Crippen LogP contribution in [0.3, 0.4) is 0 Å². The molecule has 0 radical (unpaired) electrons. The molecule has 2 aliphatic rings. The maximum Gasteiger partial charge on any atom is 0.416 e. The molecular weight excluding hydrogens is 511 g/mol. The van der Waals surface area contributed by atoms with E-state index < -0.39 is 29.2 Å². The van der Waals surface area contributed by atoms with Crippen LogP contribution in [-0.4, -0.2) is 66.2 Å². The van der Waals surface area contributed by atoms with Crippen LogP contribution in [0.25, 0.3) is 0 Å². The third-order valence-electron chi connectivity index (χ3n) is 7.77. The standard InChI is InChI=1S/C29H36F3N3O4/c1-3-39-25-18-35(23-11-13-28(38,14-12-23)21-9-7-19(2)8-10-21)17-24(25)34-26(36)16-33-27(37)20-5-4-6-22(15-20)29(30,31)32/h4-10,15,23-25,38H,3,11-14,16-18H2,1-2H3,(H,33,37)(H,34,36)/t23?,24-,25-,28?/m0/s1. The van der Waals surface area contributed by atoms with E-state index in [1.165, 1.54) is 6.07 Å². The van der Waals surface area contributed by atoms with Crippen molar-refractivity contribution in [3.63, 3.8) is 0 Å². The van der Waals surface area contributed by atoms with Gasteiger partial charge in [0, 0.05) is 31.3 Å². The van der Waals surface area contributed by atoms with Gasteiger partial charge in [-0.1, -0.05) is 35.9 Å². The molecule has 0 spiro atoms. The molecule has 0 aromatic heterocycles. The molecule has 1 saturated heterocycles. The maximum atomic E-state index is 12.9. The van der Waals surface area contributed by atoms with Crippen molar-refractivity contribution in [1.82, 2.24) is 15.5 Å². The zero-order chi connectivity index (χ0) is 28.2. The number of hydrogen-bond donors (Lipinski definition) is 3. The van der Waals surface area contributed by atoms with E-state index in [9.17, 15) is 27.9 Å². The average Bonchev–Trinajstić information content (AvgIpc) is 3.29. The first-order valence-corrected chi connectivity index (χ1v) is 13.4. The predicted molar refractivity (Wildman–Crippen MR) is 140 cm³/mol. The first kappa shape index (κ1) is 29.0. The molecule has 1 aliphatic carbocycles. The van der Waals surface area contributed by atoms with Crippen LogP contribution in [-0.2, 0) is 21.3 Å². The molecule has 3 N–H and O–H groups in total. The molecule has 10 heteroatoms. The lowest BCUT2D eigenvalue weighted by Crippen LogP contribution is -2.48. The van der Waals surface area contributed by atoms with Crippen molar-refractivity contribution in [3.8, 4) is 0 Å². The molecule has 0 unspecified atom stereocenters. The van der Waals surface area contributed by atoms with Gasteiger partial charge in [0.05, 0.1) is 29.9 Å². The molecule has 2 amide bonds. The highest BCUT2D eigenvalue weighted by atomic mass is 19.4. The third kappa shape index (κ3) is 7.17. The fraction of sp³-hybridized carbons (Fsp3) is 0.517. The van der Waals surface area contributed by atoms with E-state index in [-0.39, 0.29) is 30.3 Å². The number of carbonyl (C=O) groups is 2. The highest BCUT2D eigenvalue weighted by molar-refractivity contribution is 5.96. The number of nitrogens with zero attached hydrogens (tertiary/aromatic N) is 1. The largest absolute Gasteiger partial charge is 0.416 e. The van der Waals surface area contributed by atoms with Gasteiger partial charge in [-0.25, -0.2) is 0 Å². The Bertz CT molecular complexity index is 1150. The minimum Gasteiger partial charge on any atom is -0.385 e. The van der Waals surface area contributed by atoms with Crippen LogP contribution in [0.5, 0.6) is 0 Å². The van der Waals surface area contributed by atoms with Crippen LogP contribution in [0, 0.1) is 6.92 Å². The molecule has 0 bridgehead atoms. The molecular formula is C29H36F3N3O4. The number of carbonyl (C=O) groups excluding carboxylic acids is 2. The first-order valence-electron chi connectivity index (χ1n) is 13.4. The summed E-state index contributed by atoms with van der Waals surface area (Å²) in [6.45, 7) is 5.24. The van der Waals surface area contributed by atoms with Gasteiger partial charge in [-0.3, -0.25) is 14.5 Å². The Labute approximate surface area is 226 Å². The number of halogens is 3. The van der Waals surface area contributed by atoms with Crippen LogP contribution in [0.15, 0.2) is 48.5 Å². The Kier molecular flexibility index (Phi) is 8.98. The lowest BCUT2D eigenvalue weighted by Gasteiger charge is -2.40. The summed E-state index contributed by atoms with van der Waals surface area (Å²) in [4.78, 5) is 27.3. The Morgan fingerprint density at radius 2 is 1.79 bits per heavy atom. The summed E-state index contributed by atoms with van der Waals surface area (Å²) in [6, 6.07) is 12.1. The minimum atomic E-state index is -4.56. The number of ether oxygens (including phenoxy) is 1. The molecule has 1 aliphatic heterocycles. The van der Waals surface area contributed by atoms with E-state index in [2.05, 4.69) is 15.5 Å². The number of rotatable bonds is 8. The zero-order valence-corrected chi connectivity index (χ0v) is 22.3. The van der Waals surface area contributed by atoms with Crippen molar-refractivity contribution in [2.75, 3.05) is 26.2 Å². The van der Waals surface area contributed by atoms with Crippen LogP contribution in [0.1, 0.15) is 59.7 Å². The first-order chi connectivity index (χ1) is 18.5. The van der Waals surface area contributed by atoms with E-state index in [0.29, 0.717) is 32.5 Å². The Morgan fingerprint density at radius 1 is 1.10 bits per heavy atom. The van der Waals surface area contributed by atoms with Crippen molar-refractivity contribution in [3.05, 3.63) is 70.8 Å². The molecule has 2 fully saturated rings. The minimum absolute atomic E-state index is 0.167. The number of aryl methyl sites for hydroxylation is 1. The summed E-state index contributed by atoms with van der Waals surface area (Å²) in [7, 11) is 0. The van der Waals surface area contributed by atoms with Crippen molar-refractivity contribution < 1.29 is 32.6 Å². The molecule has 1 saturated carbocycles. The van der Waals surface area contributed by atoms with E-state index in [4.69, 9.17) is 4.74 Å². The third-order valence-corrected chi connectivity index (χ3v) is 7.77. The fourth-order valence-electron chi connectivity index (χ4n) is 5.58. The van der Waals surface area contributed by atoms with Crippen molar-refractivity contribution in [2.24, 2.45) is 0 Å². The van der Waals surface area contributed by atoms with E-state index in [1.54, 1.807) is 0 Å². The molecule has 39 heavy (non-hydrogen) atoms. The molecule has 212 valence electrons. The smallest absolute Gasteiger partial charge is 0.385 e. The van der Waals surface area contributed by atoms with Gasteiger partial charge in [0.2, 0.25) is 5.91 Å². The van der Waals surface area contributed by atoms with Gasteiger partial charge in [-0.2, -0.15) is 13.2 Å². The number of benzene rings is 2. The Hall–Kier alpha value is -2.95. The predicted octanol–water partition coefficient (Wildman–Crippen LogP) is 3.78. The number of hydrogen-bond acceptors (Lipinski definition) is 5. The van der Waals surface area contributed by atoms with Gasteiger partial charge in [0.15, 0.2) is 0 Å².